The molecule has 0 atom stereocenters. The van der Waals surface area contributed by atoms with Crippen molar-refractivity contribution in [2.45, 2.75) is 24.9 Å². The summed E-state index contributed by atoms with van der Waals surface area (Å²) in [6.07, 6.45) is 0. The van der Waals surface area contributed by atoms with Gasteiger partial charge >= 0.3 is 0 Å². The Morgan fingerprint density at radius 3 is 2.85 bits per heavy atom. The molecule has 3 rings (SSSR count). The molecule has 1 aliphatic heterocycles. The third kappa shape index (κ3) is 4.95. The van der Waals surface area contributed by atoms with E-state index in [-0.39, 0.29) is 17.2 Å². The number of hydrogen-bond donors (Lipinski definition) is 1. The van der Waals surface area contributed by atoms with E-state index in [0.717, 1.165) is 38.5 Å². The van der Waals surface area contributed by atoms with Crippen molar-refractivity contribution in [3.8, 4) is 0 Å². The van der Waals surface area contributed by atoms with Gasteiger partial charge in [-0.1, -0.05) is 12.1 Å². The number of carbonyl (C=O) groups is 1. The van der Waals surface area contributed by atoms with Crippen LogP contribution in [0.5, 0.6) is 0 Å². The summed E-state index contributed by atoms with van der Waals surface area (Å²) >= 11 is 1.43. The number of aromatic nitrogens is 1. The van der Waals surface area contributed by atoms with Crippen molar-refractivity contribution in [2.24, 2.45) is 0 Å². The zero-order valence-corrected chi connectivity index (χ0v) is 16.1. The molecule has 1 fully saturated rings. The van der Waals surface area contributed by atoms with E-state index in [1.54, 1.807) is 12.1 Å². The second kappa shape index (κ2) is 8.36. The van der Waals surface area contributed by atoms with E-state index >= 15 is 0 Å². The lowest BCUT2D eigenvalue weighted by Crippen LogP contribution is -2.35. The van der Waals surface area contributed by atoms with Gasteiger partial charge in [0.15, 0.2) is 5.78 Å². The summed E-state index contributed by atoms with van der Waals surface area (Å²) in [5.74, 6) is -0.172. The van der Waals surface area contributed by atoms with E-state index in [2.05, 4.69) is 14.6 Å². The average Bonchev–Trinajstić information content (AvgIpc) is 3.08. The van der Waals surface area contributed by atoms with Crippen LogP contribution in [0.15, 0.2) is 34.5 Å². The molecule has 1 aliphatic rings. The Balaban J connectivity index is 1.61. The quantitative estimate of drug-likeness (QED) is 0.717. The van der Waals surface area contributed by atoms with Gasteiger partial charge in [0.05, 0.1) is 30.3 Å². The third-order valence-electron chi connectivity index (χ3n) is 4.05. The predicted molar refractivity (Wildman–Crippen MR) is 98.7 cm³/mol. The predicted octanol–water partition coefficient (Wildman–Crippen LogP) is 1.66. The van der Waals surface area contributed by atoms with Crippen LogP contribution < -0.4 is 4.72 Å². The molecule has 140 valence electrons. The first-order valence-corrected chi connectivity index (χ1v) is 10.6. The highest BCUT2D eigenvalue weighted by Crippen LogP contribution is 2.15. The molecule has 26 heavy (non-hydrogen) atoms. The second-order valence-corrected chi connectivity index (χ2v) is 8.74. The number of nitrogens with one attached hydrogen (secondary N) is 1. The van der Waals surface area contributed by atoms with Crippen molar-refractivity contribution >= 4 is 27.1 Å². The number of hydrogen-bond acceptors (Lipinski definition) is 7. The highest BCUT2D eigenvalue weighted by molar-refractivity contribution is 7.89. The molecule has 2 heterocycles. The number of ketones is 1. The van der Waals surface area contributed by atoms with Gasteiger partial charge in [-0.05, 0) is 19.1 Å². The molecule has 0 unspecified atom stereocenters. The Labute approximate surface area is 157 Å². The number of thiazole rings is 1. The lowest BCUT2D eigenvalue weighted by Gasteiger charge is -2.25. The molecule has 0 radical (unpaired) electrons. The molecular formula is C17H21N3O4S2. The smallest absolute Gasteiger partial charge is 0.240 e. The zero-order chi connectivity index (χ0) is 18.6. The van der Waals surface area contributed by atoms with Crippen LogP contribution in [0.3, 0.4) is 0 Å². The van der Waals surface area contributed by atoms with Crippen LogP contribution >= 0.6 is 11.3 Å². The van der Waals surface area contributed by atoms with Crippen molar-refractivity contribution in [3.05, 3.63) is 45.9 Å². The number of rotatable bonds is 7. The van der Waals surface area contributed by atoms with E-state index in [0.29, 0.717) is 10.6 Å². The fourth-order valence-corrected chi connectivity index (χ4v) is 4.46. The van der Waals surface area contributed by atoms with Crippen molar-refractivity contribution in [2.75, 3.05) is 26.3 Å². The normalized spacial score (nSPS) is 15.9. The van der Waals surface area contributed by atoms with Crippen molar-refractivity contribution in [3.63, 3.8) is 0 Å². The molecule has 1 aromatic heterocycles. The van der Waals surface area contributed by atoms with Crippen molar-refractivity contribution in [1.82, 2.24) is 14.6 Å². The standard InChI is InChI=1S/C17H21N3O4S2/c1-13(21)14-3-2-4-16(9-14)26(22,23)18-10-17-19-15(12-25-17)11-20-5-7-24-8-6-20/h2-4,9,12,18H,5-8,10-11H2,1H3. The molecular weight excluding hydrogens is 374 g/mol. The summed E-state index contributed by atoms with van der Waals surface area (Å²) in [6, 6.07) is 6.02. The number of ether oxygens (including phenoxy) is 1. The summed E-state index contributed by atoms with van der Waals surface area (Å²) < 4.78 is 32.7. The first kappa shape index (κ1) is 19.1. The van der Waals surface area contributed by atoms with Gasteiger partial charge in [-0.3, -0.25) is 9.69 Å². The molecule has 7 nitrogen and oxygen atoms in total. The van der Waals surface area contributed by atoms with Gasteiger partial charge in [0.1, 0.15) is 5.01 Å². The molecule has 1 saturated heterocycles. The molecule has 1 N–H and O–H groups in total. The Hall–Kier alpha value is -1.65. The highest BCUT2D eigenvalue weighted by atomic mass is 32.2. The van der Waals surface area contributed by atoms with E-state index in [1.165, 1.54) is 30.4 Å². The molecule has 1 aromatic carbocycles. The first-order chi connectivity index (χ1) is 12.4. The van der Waals surface area contributed by atoms with Crippen LogP contribution in [0, 0.1) is 0 Å². The van der Waals surface area contributed by atoms with Gasteiger partial charge in [0.25, 0.3) is 0 Å². The number of nitrogens with zero attached hydrogens (tertiary/aromatic N) is 2. The molecule has 0 spiro atoms. The lowest BCUT2D eigenvalue weighted by atomic mass is 10.2. The average molecular weight is 396 g/mol. The fourth-order valence-electron chi connectivity index (χ4n) is 2.61. The van der Waals surface area contributed by atoms with Gasteiger partial charge in [-0.2, -0.15) is 0 Å². The zero-order valence-electron chi connectivity index (χ0n) is 14.5. The van der Waals surface area contributed by atoms with Crippen LogP contribution in [-0.2, 0) is 27.8 Å². The van der Waals surface area contributed by atoms with Crippen molar-refractivity contribution in [1.29, 1.82) is 0 Å². The number of Topliss-reactive ketones (excluding diaryl/α,β-unsaturated/α-hetero) is 1. The number of sulfonamides is 1. The fraction of sp³-hybridized carbons (Fsp3) is 0.412. The summed E-state index contributed by atoms with van der Waals surface area (Å²) in [5.41, 5.74) is 1.31. The molecule has 0 amide bonds. The van der Waals surface area contributed by atoms with Gasteiger partial charge in [0, 0.05) is 30.6 Å². The van der Waals surface area contributed by atoms with E-state index in [4.69, 9.17) is 4.74 Å². The topological polar surface area (TPSA) is 88.6 Å². The van der Waals surface area contributed by atoms with Crippen LogP contribution in [0.1, 0.15) is 28.0 Å². The Bertz CT molecular complexity index is 874. The summed E-state index contributed by atoms with van der Waals surface area (Å²) in [4.78, 5) is 18.3. The number of benzene rings is 1. The van der Waals surface area contributed by atoms with Crippen LogP contribution in [0.25, 0.3) is 0 Å². The summed E-state index contributed by atoms with van der Waals surface area (Å²) in [7, 11) is -3.69. The van der Waals surface area contributed by atoms with Crippen molar-refractivity contribution < 1.29 is 17.9 Å². The Kier molecular flexibility index (Phi) is 6.15. The van der Waals surface area contributed by atoms with E-state index in [1.807, 2.05) is 5.38 Å². The first-order valence-electron chi connectivity index (χ1n) is 8.28. The maximum atomic E-state index is 12.4. The largest absolute Gasteiger partial charge is 0.379 e. The molecule has 2 aromatic rings. The minimum absolute atomic E-state index is 0.0790. The second-order valence-electron chi connectivity index (χ2n) is 6.03. The Morgan fingerprint density at radius 2 is 2.12 bits per heavy atom. The van der Waals surface area contributed by atoms with Gasteiger partial charge in [0.2, 0.25) is 10.0 Å². The van der Waals surface area contributed by atoms with Gasteiger partial charge in [-0.15, -0.1) is 11.3 Å². The summed E-state index contributed by atoms with van der Waals surface area (Å²) in [5, 5.41) is 2.66. The lowest BCUT2D eigenvalue weighted by molar-refractivity contribution is 0.0337. The molecule has 0 saturated carbocycles. The third-order valence-corrected chi connectivity index (χ3v) is 6.35. The summed E-state index contributed by atoms with van der Waals surface area (Å²) in [6.45, 7) is 5.50. The van der Waals surface area contributed by atoms with Crippen LogP contribution in [-0.4, -0.2) is 50.4 Å². The monoisotopic (exact) mass is 395 g/mol. The van der Waals surface area contributed by atoms with E-state index in [9.17, 15) is 13.2 Å². The van der Waals surface area contributed by atoms with E-state index < -0.39 is 10.0 Å². The number of morpholine rings is 1. The van der Waals surface area contributed by atoms with Crippen LogP contribution in [0.4, 0.5) is 0 Å². The molecule has 0 aliphatic carbocycles. The van der Waals surface area contributed by atoms with Gasteiger partial charge < -0.3 is 4.74 Å². The molecule has 0 bridgehead atoms. The maximum Gasteiger partial charge on any atom is 0.240 e. The van der Waals surface area contributed by atoms with Crippen LogP contribution in [0.2, 0.25) is 0 Å². The minimum atomic E-state index is -3.69. The van der Waals surface area contributed by atoms with Gasteiger partial charge in [-0.25, -0.2) is 18.1 Å². The Morgan fingerprint density at radius 1 is 1.35 bits per heavy atom. The maximum absolute atomic E-state index is 12.4. The SMILES string of the molecule is CC(=O)c1cccc(S(=O)(=O)NCc2nc(CN3CCOCC3)cs2)c1. The molecule has 9 heteroatoms. The number of carbonyl (C=O) groups excluding carboxylic acids is 1. The highest BCUT2D eigenvalue weighted by Gasteiger charge is 2.17. The minimum Gasteiger partial charge on any atom is -0.379 e.